The molecule has 0 saturated carbocycles. The van der Waals surface area contributed by atoms with E-state index in [9.17, 15) is 18.5 Å². The molecule has 1 atom stereocenters. The molecule has 3 N–H and O–H groups in total. The number of rotatable bonds is 7. The Morgan fingerprint density at radius 1 is 1.39 bits per heavy atom. The van der Waals surface area contributed by atoms with Crippen LogP contribution < -0.4 is 10.5 Å². The first-order valence-electron chi connectivity index (χ1n) is 6.75. The molecule has 7 nitrogen and oxygen atoms in total. The second-order valence-corrected chi connectivity index (χ2v) is 7.61. The van der Waals surface area contributed by atoms with Crippen LogP contribution in [0.3, 0.4) is 0 Å². The van der Waals surface area contributed by atoms with Crippen LogP contribution in [0.4, 0.5) is 5.69 Å². The lowest BCUT2D eigenvalue weighted by Crippen LogP contribution is -2.41. The fourth-order valence-electron chi connectivity index (χ4n) is 2.03. The monoisotopic (exact) mass is 385 g/mol. The molecular weight excluding hydrogens is 365 g/mol. The number of hydrogen-bond donors (Lipinski definition) is 2. The summed E-state index contributed by atoms with van der Waals surface area (Å²) in [5.74, 6) is 0.257. The van der Waals surface area contributed by atoms with Crippen LogP contribution in [0.5, 0.6) is 0 Å². The van der Waals surface area contributed by atoms with E-state index >= 15 is 0 Å². The van der Waals surface area contributed by atoms with Gasteiger partial charge in [0.05, 0.1) is 14.8 Å². The molecule has 1 aromatic carbocycles. The lowest BCUT2D eigenvalue weighted by molar-refractivity contribution is -0.385. The van der Waals surface area contributed by atoms with Crippen LogP contribution in [0.1, 0.15) is 25.8 Å². The maximum absolute atomic E-state index is 12.4. The topological polar surface area (TPSA) is 115 Å². The maximum atomic E-state index is 12.4. The van der Waals surface area contributed by atoms with Crippen LogP contribution in [-0.4, -0.2) is 25.9 Å². The lowest BCUT2D eigenvalue weighted by atomic mass is 10.1. The van der Waals surface area contributed by atoms with Crippen LogP contribution in [0.15, 0.2) is 17.0 Å². The first kappa shape index (κ1) is 22.1. The number of nitro benzene ring substituents is 1. The van der Waals surface area contributed by atoms with Crippen LogP contribution in [0.2, 0.25) is 5.02 Å². The summed E-state index contributed by atoms with van der Waals surface area (Å²) < 4.78 is 27.2. The second kappa shape index (κ2) is 8.79. The van der Waals surface area contributed by atoms with Crippen molar-refractivity contribution in [2.75, 3.05) is 6.54 Å². The molecular formula is C13H21Cl2N3O4S. The van der Waals surface area contributed by atoms with Gasteiger partial charge in [0, 0.05) is 24.2 Å². The summed E-state index contributed by atoms with van der Waals surface area (Å²) >= 11 is 5.90. The summed E-state index contributed by atoms with van der Waals surface area (Å²) in [4.78, 5) is 10.1. The van der Waals surface area contributed by atoms with Crippen molar-refractivity contribution in [2.45, 2.75) is 38.1 Å². The van der Waals surface area contributed by atoms with Crippen LogP contribution in [0, 0.1) is 23.0 Å². The third-order valence-electron chi connectivity index (χ3n) is 3.16. The fraction of sp³-hybridized carbons (Fsp3) is 0.538. The van der Waals surface area contributed by atoms with Crippen LogP contribution in [0.25, 0.3) is 0 Å². The Labute approximate surface area is 147 Å². The van der Waals surface area contributed by atoms with E-state index in [2.05, 4.69) is 4.72 Å². The van der Waals surface area contributed by atoms with Crippen LogP contribution >= 0.6 is 24.0 Å². The Morgan fingerprint density at radius 2 is 1.96 bits per heavy atom. The van der Waals surface area contributed by atoms with Gasteiger partial charge in [-0.2, -0.15) is 0 Å². The highest BCUT2D eigenvalue weighted by Crippen LogP contribution is 2.29. The Balaban J connectivity index is 0.00000484. The summed E-state index contributed by atoms with van der Waals surface area (Å²) in [7, 11) is -3.93. The van der Waals surface area contributed by atoms with E-state index in [-0.39, 0.29) is 46.0 Å². The van der Waals surface area contributed by atoms with Crippen molar-refractivity contribution in [3.05, 3.63) is 32.8 Å². The molecule has 1 unspecified atom stereocenters. The number of hydrogen-bond acceptors (Lipinski definition) is 5. The molecule has 0 radical (unpaired) electrons. The molecule has 132 valence electrons. The zero-order valence-electron chi connectivity index (χ0n) is 13.1. The second-order valence-electron chi connectivity index (χ2n) is 5.49. The number of nitrogens with one attached hydrogen (secondary N) is 1. The van der Waals surface area contributed by atoms with Gasteiger partial charge in [-0.3, -0.25) is 10.1 Å². The average molecular weight is 386 g/mol. The van der Waals surface area contributed by atoms with E-state index in [0.29, 0.717) is 6.42 Å². The maximum Gasteiger partial charge on any atom is 0.275 e. The summed E-state index contributed by atoms with van der Waals surface area (Å²) in [6.45, 7) is 5.50. The molecule has 10 heteroatoms. The molecule has 0 spiro atoms. The number of benzene rings is 1. The number of nitrogens with zero attached hydrogens (tertiary/aromatic N) is 1. The number of halogens is 2. The summed E-state index contributed by atoms with van der Waals surface area (Å²) in [5.41, 5.74) is 5.47. The van der Waals surface area contributed by atoms with Gasteiger partial charge in [0.1, 0.15) is 0 Å². The highest BCUT2D eigenvalue weighted by Gasteiger charge is 2.25. The average Bonchev–Trinajstić information content (AvgIpc) is 2.39. The molecule has 0 saturated heterocycles. The van der Waals surface area contributed by atoms with E-state index in [1.54, 1.807) is 0 Å². The highest BCUT2D eigenvalue weighted by atomic mass is 35.5. The molecule has 0 aliphatic heterocycles. The van der Waals surface area contributed by atoms with Gasteiger partial charge in [-0.15, -0.1) is 12.4 Å². The molecule has 0 amide bonds. The van der Waals surface area contributed by atoms with Crippen molar-refractivity contribution in [1.29, 1.82) is 0 Å². The quantitative estimate of drug-likeness (QED) is 0.552. The van der Waals surface area contributed by atoms with Crippen molar-refractivity contribution in [2.24, 2.45) is 11.7 Å². The van der Waals surface area contributed by atoms with Gasteiger partial charge >= 0.3 is 0 Å². The zero-order chi connectivity index (χ0) is 17.1. The number of sulfonamides is 1. The normalized spacial score (nSPS) is 12.8. The molecule has 0 fully saturated rings. The third-order valence-corrected chi connectivity index (χ3v) is 5.05. The summed E-state index contributed by atoms with van der Waals surface area (Å²) in [6, 6.07) is 1.77. The predicted molar refractivity (Wildman–Crippen MR) is 92.7 cm³/mol. The Morgan fingerprint density at radius 3 is 2.39 bits per heavy atom. The van der Waals surface area contributed by atoms with E-state index in [0.717, 1.165) is 6.07 Å². The molecule has 1 rings (SSSR count). The predicted octanol–water partition coefficient (Wildman–Crippen LogP) is 2.63. The molecule has 0 heterocycles. The smallest absolute Gasteiger partial charge is 0.275 e. The van der Waals surface area contributed by atoms with Crippen molar-refractivity contribution < 1.29 is 13.3 Å². The molecule has 0 aliphatic rings. The van der Waals surface area contributed by atoms with Crippen molar-refractivity contribution in [3.8, 4) is 0 Å². The number of nitrogens with two attached hydrogens (primary N) is 1. The first-order valence-corrected chi connectivity index (χ1v) is 8.61. The number of nitro groups is 1. The third kappa shape index (κ3) is 5.89. The lowest BCUT2D eigenvalue weighted by Gasteiger charge is -2.19. The van der Waals surface area contributed by atoms with Gasteiger partial charge in [-0.25, -0.2) is 13.1 Å². The fourth-order valence-corrected chi connectivity index (χ4v) is 3.62. The summed E-state index contributed by atoms with van der Waals surface area (Å²) in [6.07, 6.45) is 0.567. The largest absolute Gasteiger partial charge is 0.329 e. The Kier molecular flexibility index (Phi) is 8.44. The van der Waals surface area contributed by atoms with Gasteiger partial charge in [0.25, 0.3) is 5.69 Å². The van der Waals surface area contributed by atoms with Gasteiger partial charge in [0.15, 0.2) is 0 Å². The SMILES string of the molecule is Cc1c(Cl)cc(S(=O)(=O)NC(CN)CC(C)C)cc1[N+](=O)[O-].Cl. The van der Waals surface area contributed by atoms with Crippen molar-refractivity contribution in [3.63, 3.8) is 0 Å². The highest BCUT2D eigenvalue weighted by molar-refractivity contribution is 7.89. The standard InChI is InChI=1S/C13H20ClN3O4S.ClH/c1-8(2)4-10(7-15)16-22(20,21)11-5-12(14)9(3)13(6-11)17(18)19;/h5-6,8,10,16H,4,7,15H2,1-3H3;1H. The zero-order valence-corrected chi connectivity index (χ0v) is 15.5. The van der Waals surface area contributed by atoms with Crippen LogP contribution in [-0.2, 0) is 10.0 Å². The van der Waals surface area contributed by atoms with Crippen molar-refractivity contribution >= 4 is 39.7 Å². The van der Waals surface area contributed by atoms with Gasteiger partial charge in [-0.05, 0) is 25.3 Å². The minimum Gasteiger partial charge on any atom is -0.329 e. The minimum atomic E-state index is -3.93. The van der Waals surface area contributed by atoms with Gasteiger partial charge in [-0.1, -0.05) is 25.4 Å². The molecule has 0 bridgehead atoms. The van der Waals surface area contributed by atoms with E-state index in [1.807, 2.05) is 13.8 Å². The van der Waals surface area contributed by atoms with E-state index in [4.69, 9.17) is 17.3 Å². The first-order chi connectivity index (χ1) is 10.1. The Hall–Kier alpha value is -0.930. The van der Waals surface area contributed by atoms with E-state index in [1.165, 1.54) is 13.0 Å². The minimum absolute atomic E-state index is 0. The van der Waals surface area contributed by atoms with Gasteiger partial charge < -0.3 is 5.73 Å². The van der Waals surface area contributed by atoms with Gasteiger partial charge in [0.2, 0.25) is 10.0 Å². The molecule has 0 aliphatic carbocycles. The van der Waals surface area contributed by atoms with Crippen molar-refractivity contribution in [1.82, 2.24) is 4.72 Å². The Bertz CT molecular complexity index is 665. The van der Waals surface area contributed by atoms with E-state index < -0.39 is 21.0 Å². The molecule has 0 aromatic heterocycles. The summed E-state index contributed by atoms with van der Waals surface area (Å²) in [5, 5.41) is 11.0. The molecule has 1 aromatic rings. The molecule has 23 heavy (non-hydrogen) atoms.